The molecule has 0 saturated carbocycles. The van der Waals surface area contributed by atoms with Crippen LogP contribution < -0.4 is 19.1 Å². The van der Waals surface area contributed by atoms with Crippen molar-refractivity contribution in [3.8, 4) is 11.5 Å². The largest absolute Gasteiger partial charge is 0.486 e. The first-order valence-corrected chi connectivity index (χ1v) is 11.9. The Balaban J connectivity index is 1.65. The van der Waals surface area contributed by atoms with Crippen LogP contribution in [0.1, 0.15) is 28.8 Å². The van der Waals surface area contributed by atoms with Crippen LogP contribution >= 0.6 is 0 Å². The second-order valence-corrected chi connectivity index (χ2v) is 9.19. The number of hydrogen-bond donors (Lipinski definition) is 1. The van der Waals surface area contributed by atoms with E-state index >= 15 is 0 Å². The van der Waals surface area contributed by atoms with E-state index in [9.17, 15) is 18.0 Å². The van der Waals surface area contributed by atoms with Crippen LogP contribution in [0.3, 0.4) is 0 Å². The van der Waals surface area contributed by atoms with Gasteiger partial charge in [-0.25, -0.2) is 13.2 Å². The van der Waals surface area contributed by atoms with Crippen molar-refractivity contribution in [2.45, 2.75) is 19.8 Å². The average Bonchev–Trinajstić information content (AvgIpc) is 2.76. The first-order chi connectivity index (χ1) is 15.2. The van der Waals surface area contributed by atoms with Gasteiger partial charge in [-0.3, -0.25) is 9.10 Å². The van der Waals surface area contributed by atoms with E-state index in [1.54, 1.807) is 43.3 Å². The number of hydrogen-bond acceptors (Lipinski definition) is 7. The summed E-state index contributed by atoms with van der Waals surface area (Å²) in [5, 5.41) is 2.77. The number of carbonyl (C=O) groups is 2. The third kappa shape index (κ3) is 5.50. The van der Waals surface area contributed by atoms with E-state index in [1.807, 2.05) is 0 Å². The van der Waals surface area contributed by atoms with Gasteiger partial charge in [-0.15, -0.1) is 0 Å². The van der Waals surface area contributed by atoms with Gasteiger partial charge in [0.05, 0.1) is 24.6 Å². The first kappa shape index (κ1) is 23.4. The van der Waals surface area contributed by atoms with E-state index in [-0.39, 0.29) is 18.9 Å². The summed E-state index contributed by atoms with van der Waals surface area (Å²) < 4.78 is 41.7. The highest BCUT2D eigenvalue weighted by Crippen LogP contribution is 2.34. The molecule has 0 fully saturated rings. The molecule has 32 heavy (non-hydrogen) atoms. The topological polar surface area (TPSA) is 111 Å². The smallest absolute Gasteiger partial charge is 0.338 e. The van der Waals surface area contributed by atoms with E-state index in [2.05, 4.69) is 5.32 Å². The molecule has 1 aliphatic rings. The number of ether oxygens (including phenoxy) is 3. The van der Waals surface area contributed by atoms with Crippen molar-refractivity contribution >= 4 is 33.3 Å². The summed E-state index contributed by atoms with van der Waals surface area (Å²) in [6, 6.07) is 9.91. The van der Waals surface area contributed by atoms with Gasteiger partial charge in [0.15, 0.2) is 11.5 Å². The zero-order valence-electron chi connectivity index (χ0n) is 18.2. The van der Waals surface area contributed by atoms with Gasteiger partial charge in [0, 0.05) is 24.7 Å². The van der Waals surface area contributed by atoms with E-state index < -0.39 is 16.0 Å². The molecule has 0 radical (unpaired) electrons. The van der Waals surface area contributed by atoms with E-state index in [4.69, 9.17) is 14.2 Å². The Morgan fingerprint density at radius 2 is 1.84 bits per heavy atom. The molecule has 0 bridgehead atoms. The number of carbonyl (C=O) groups excluding carboxylic acids is 2. The summed E-state index contributed by atoms with van der Waals surface area (Å²) in [5.41, 5.74) is 1.91. The van der Waals surface area contributed by atoms with Gasteiger partial charge in [-0.2, -0.15) is 0 Å². The second-order valence-electron chi connectivity index (χ2n) is 7.28. The highest BCUT2D eigenvalue weighted by Gasteiger charge is 2.21. The molecule has 2 aromatic carbocycles. The van der Waals surface area contributed by atoms with Gasteiger partial charge in [-0.05, 0) is 43.2 Å². The molecule has 1 heterocycles. The molecule has 0 atom stereocenters. The fourth-order valence-corrected chi connectivity index (χ4v) is 4.33. The van der Waals surface area contributed by atoms with Crippen LogP contribution in [0, 0.1) is 6.92 Å². The highest BCUT2D eigenvalue weighted by molar-refractivity contribution is 7.92. The molecule has 2 aromatic rings. The van der Waals surface area contributed by atoms with Crippen LogP contribution in [-0.4, -0.2) is 53.4 Å². The predicted octanol–water partition coefficient (Wildman–Crippen LogP) is 2.74. The Labute approximate surface area is 187 Å². The molecule has 1 aliphatic heterocycles. The number of benzene rings is 2. The molecule has 1 N–H and O–H groups in total. The zero-order chi connectivity index (χ0) is 23.3. The molecule has 0 spiro atoms. The normalized spacial score (nSPS) is 12.7. The SMILES string of the molecule is COC(=O)c1cccc(NC(=O)CCCN(c2ccc3c(c2)OCCO3)S(C)(=O)=O)c1C. The molecule has 1 amide bonds. The summed E-state index contributed by atoms with van der Waals surface area (Å²) in [6.45, 7) is 2.67. The van der Waals surface area contributed by atoms with Crippen LogP contribution in [-0.2, 0) is 19.6 Å². The van der Waals surface area contributed by atoms with Gasteiger partial charge >= 0.3 is 5.97 Å². The van der Waals surface area contributed by atoms with Crippen molar-refractivity contribution in [1.82, 2.24) is 0 Å². The minimum Gasteiger partial charge on any atom is -0.486 e. The molecule has 0 saturated heterocycles. The summed E-state index contributed by atoms with van der Waals surface area (Å²) in [6.07, 6.45) is 1.51. The number of sulfonamides is 1. The predicted molar refractivity (Wildman–Crippen MR) is 120 cm³/mol. The maximum absolute atomic E-state index is 12.4. The molecule has 0 unspecified atom stereocenters. The average molecular weight is 463 g/mol. The number of anilines is 2. The summed E-state index contributed by atoms with van der Waals surface area (Å²) in [5.74, 6) is 0.283. The molecular formula is C22H26N2O7S. The van der Waals surface area contributed by atoms with Gasteiger partial charge in [0.25, 0.3) is 0 Å². The highest BCUT2D eigenvalue weighted by atomic mass is 32.2. The molecule has 0 aliphatic carbocycles. The molecular weight excluding hydrogens is 436 g/mol. The lowest BCUT2D eigenvalue weighted by atomic mass is 10.1. The van der Waals surface area contributed by atoms with Crippen molar-refractivity contribution in [2.75, 3.05) is 42.7 Å². The lowest BCUT2D eigenvalue weighted by Crippen LogP contribution is -2.31. The Kier molecular flexibility index (Phi) is 7.24. The maximum Gasteiger partial charge on any atom is 0.338 e. The number of methoxy groups -OCH3 is 1. The van der Waals surface area contributed by atoms with Crippen LogP contribution in [0.5, 0.6) is 11.5 Å². The van der Waals surface area contributed by atoms with Gasteiger partial charge in [-0.1, -0.05) is 6.07 Å². The number of fused-ring (bicyclic) bond motifs is 1. The molecule has 10 heteroatoms. The van der Waals surface area contributed by atoms with Crippen LogP contribution in [0.25, 0.3) is 0 Å². The Bertz CT molecular complexity index is 1120. The van der Waals surface area contributed by atoms with Crippen molar-refractivity contribution in [3.05, 3.63) is 47.5 Å². The van der Waals surface area contributed by atoms with Gasteiger partial charge < -0.3 is 19.5 Å². The Hall–Kier alpha value is -3.27. The quantitative estimate of drug-likeness (QED) is 0.601. The molecule has 0 aromatic heterocycles. The third-order valence-corrected chi connectivity index (χ3v) is 6.19. The first-order valence-electron chi connectivity index (χ1n) is 10.1. The van der Waals surface area contributed by atoms with Crippen molar-refractivity contribution in [1.29, 1.82) is 0 Å². The number of amides is 1. The van der Waals surface area contributed by atoms with Crippen LogP contribution in [0.2, 0.25) is 0 Å². The Morgan fingerprint density at radius 3 is 2.53 bits per heavy atom. The van der Waals surface area contributed by atoms with Crippen LogP contribution in [0.4, 0.5) is 11.4 Å². The standard InChI is InChI=1S/C22H26N2O7S/c1-15-17(22(26)29-2)6-4-7-18(15)23-21(25)8-5-11-24(32(3,27)28)16-9-10-19-20(14-16)31-13-12-30-19/h4,6-7,9-10,14H,5,8,11-13H2,1-3H3,(H,23,25). The van der Waals surface area contributed by atoms with Gasteiger partial charge in [0.1, 0.15) is 13.2 Å². The minimum atomic E-state index is -3.57. The van der Waals surface area contributed by atoms with Crippen LogP contribution in [0.15, 0.2) is 36.4 Å². The van der Waals surface area contributed by atoms with E-state index in [0.717, 1.165) is 6.26 Å². The van der Waals surface area contributed by atoms with Crippen molar-refractivity contribution in [2.24, 2.45) is 0 Å². The summed E-state index contributed by atoms with van der Waals surface area (Å²) in [4.78, 5) is 24.3. The fraction of sp³-hybridized carbons (Fsp3) is 0.364. The minimum absolute atomic E-state index is 0.0957. The van der Waals surface area contributed by atoms with E-state index in [0.29, 0.717) is 53.6 Å². The van der Waals surface area contributed by atoms with Crippen molar-refractivity contribution < 1.29 is 32.2 Å². The Morgan fingerprint density at radius 1 is 1.12 bits per heavy atom. The maximum atomic E-state index is 12.4. The lowest BCUT2D eigenvalue weighted by molar-refractivity contribution is -0.116. The van der Waals surface area contributed by atoms with Crippen molar-refractivity contribution in [3.63, 3.8) is 0 Å². The fourth-order valence-electron chi connectivity index (χ4n) is 3.37. The summed E-state index contributed by atoms with van der Waals surface area (Å²) in [7, 11) is -2.28. The zero-order valence-corrected chi connectivity index (χ0v) is 19.0. The number of nitrogens with one attached hydrogen (secondary N) is 1. The molecule has 172 valence electrons. The molecule has 9 nitrogen and oxygen atoms in total. The number of esters is 1. The second kappa shape index (κ2) is 9.90. The summed E-state index contributed by atoms with van der Waals surface area (Å²) >= 11 is 0. The molecule has 3 rings (SSSR count). The van der Waals surface area contributed by atoms with Gasteiger partial charge in [0.2, 0.25) is 15.9 Å². The third-order valence-electron chi connectivity index (χ3n) is 4.99. The number of rotatable bonds is 8. The number of nitrogens with zero attached hydrogens (tertiary/aromatic N) is 1. The van der Waals surface area contributed by atoms with E-state index in [1.165, 1.54) is 11.4 Å². The lowest BCUT2D eigenvalue weighted by Gasteiger charge is -2.25. The monoisotopic (exact) mass is 462 g/mol.